The molecular formula is C13H19ClO3S. The normalized spacial score (nSPS) is 11.4. The molecule has 102 valence electrons. The maximum Gasteiger partial charge on any atom is 0.232 e. The molecule has 3 nitrogen and oxygen atoms in total. The monoisotopic (exact) mass is 290 g/mol. The quantitative estimate of drug-likeness (QED) is 0.544. The number of aryl methyl sites for hydroxylation is 1. The third-order valence-electron chi connectivity index (χ3n) is 2.61. The van der Waals surface area contributed by atoms with Crippen LogP contribution in [0, 0.1) is 0 Å². The Morgan fingerprint density at radius 2 is 2.00 bits per heavy atom. The van der Waals surface area contributed by atoms with Crippen molar-refractivity contribution >= 4 is 19.7 Å². The molecule has 0 bridgehead atoms. The van der Waals surface area contributed by atoms with Gasteiger partial charge in [0.1, 0.15) is 5.75 Å². The van der Waals surface area contributed by atoms with Crippen LogP contribution in [0.15, 0.2) is 24.3 Å². The van der Waals surface area contributed by atoms with Gasteiger partial charge in [0.05, 0.1) is 12.4 Å². The van der Waals surface area contributed by atoms with Gasteiger partial charge in [-0.05, 0) is 43.4 Å². The molecule has 0 heterocycles. The zero-order chi connectivity index (χ0) is 13.4. The minimum absolute atomic E-state index is 0.0415. The van der Waals surface area contributed by atoms with E-state index in [1.54, 1.807) is 0 Å². The highest BCUT2D eigenvalue weighted by atomic mass is 35.7. The van der Waals surface area contributed by atoms with Crippen molar-refractivity contribution in [2.45, 2.75) is 32.6 Å². The second-order valence-corrected chi connectivity index (χ2v) is 7.05. The standard InChI is InChI=1S/C13H19ClO3S/c1-2-12-7-6-8-13(11-12)17-9-4-3-5-10-18(14,15)16/h6-8,11H,2-5,9-10H2,1H3. The maximum absolute atomic E-state index is 10.7. The summed E-state index contributed by atoms with van der Waals surface area (Å²) in [5.41, 5.74) is 1.25. The van der Waals surface area contributed by atoms with Gasteiger partial charge in [0, 0.05) is 10.7 Å². The highest BCUT2D eigenvalue weighted by Gasteiger charge is 2.03. The maximum atomic E-state index is 10.7. The van der Waals surface area contributed by atoms with E-state index in [1.807, 2.05) is 18.2 Å². The van der Waals surface area contributed by atoms with Gasteiger partial charge in [-0.15, -0.1) is 0 Å². The summed E-state index contributed by atoms with van der Waals surface area (Å²) in [7, 11) is 1.78. The van der Waals surface area contributed by atoms with Crippen molar-refractivity contribution in [2.75, 3.05) is 12.4 Å². The summed E-state index contributed by atoms with van der Waals surface area (Å²) in [5.74, 6) is 0.916. The molecule has 0 aromatic heterocycles. The van der Waals surface area contributed by atoms with Gasteiger partial charge < -0.3 is 4.74 Å². The van der Waals surface area contributed by atoms with E-state index < -0.39 is 9.05 Å². The smallest absolute Gasteiger partial charge is 0.232 e. The molecule has 1 rings (SSSR count). The van der Waals surface area contributed by atoms with Crippen molar-refractivity contribution in [3.8, 4) is 5.75 Å². The summed E-state index contributed by atoms with van der Waals surface area (Å²) in [4.78, 5) is 0. The lowest BCUT2D eigenvalue weighted by Crippen LogP contribution is -2.01. The molecule has 0 radical (unpaired) electrons. The molecule has 0 saturated carbocycles. The highest BCUT2D eigenvalue weighted by Crippen LogP contribution is 2.14. The third-order valence-corrected chi connectivity index (χ3v) is 3.85. The number of hydrogen-bond donors (Lipinski definition) is 0. The van der Waals surface area contributed by atoms with E-state index in [2.05, 4.69) is 13.0 Å². The van der Waals surface area contributed by atoms with Crippen LogP contribution in [-0.4, -0.2) is 20.8 Å². The Balaban J connectivity index is 2.18. The largest absolute Gasteiger partial charge is 0.494 e. The second kappa shape index (κ2) is 7.64. The minimum atomic E-state index is -3.34. The van der Waals surface area contributed by atoms with Crippen LogP contribution in [0.3, 0.4) is 0 Å². The van der Waals surface area contributed by atoms with Crippen molar-refractivity contribution in [3.63, 3.8) is 0 Å². The van der Waals surface area contributed by atoms with Crippen LogP contribution >= 0.6 is 10.7 Å². The predicted octanol–water partition coefficient (Wildman–Crippen LogP) is 3.37. The first-order valence-corrected chi connectivity index (χ1v) is 8.63. The van der Waals surface area contributed by atoms with Crippen molar-refractivity contribution in [3.05, 3.63) is 29.8 Å². The lowest BCUT2D eigenvalue weighted by atomic mass is 10.2. The Hall–Kier alpha value is -0.740. The zero-order valence-corrected chi connectivity index (χ0v) is 12.1. The molecule has 0 saturated heterocycles. The Morgan fingerprint density at radius 3 is 2.67 bits per heavy atom. The van der Waals surface area contributed by atoms with Gasteiger partial charge in [-0.2, -0.15) is 0 Å². The fourth-order valence-electron chi connectivity index (χ4n) is 1.60. The van der Waals surface area contributed by atoms with E-state index in [0.29, 0.717) is 13.0 Å². The number of benzene rings is 1. The Kier molecular flexibility index (Phi) is 6.50. The molecule has 0 atom stereocenters. The highest BCUT2D eigenvalue weighted by molar-refractivity contribution is 8.13. The van der Waals surface area contributed by atoms with Gasteiger partial charge in [0.15, 0.2) is 0 Å². The Bertz CT molecular complexity index is 457. The Morgan fingerprint density at radius 1 is 1.22 bits per heavy atom. The Labute approximate surface area is 114 Å². The van der Waals surface area contributed by atoms with E-state index in [0.717, 1.165) is 25.0 Å². The predicted molar refractivity (Wildman–Crippen MR) is 74.8 cm³/mol. The van der Waals surface area contributed by atoms with Gasteiger partial charge in [0.2, 0.25) is 9.05 Å². The van der Waals surface area contributed by atoms with E-state index in [-0.39, 0.29) is 5.75 Å². The minimum Gasteiger partial charge on any atom is -0.494 e. The van der Waals surface area contributed by atoms with Crippen LogP contribution in [0.1, 0.15) is 31.7 Å². The first kappa shape index (κ1) is 15.3. The lowest BCUT2D eigenvalue weighted by molar-refractivity contribution is 0.306. The number of halogens is 1. The fourth-order valence-corrected chi connectivity index (χ4v) is 2.47. The van der Waals surface area contributed by atoms with Crippen LogP contribution in [0.5, 0.6) is 5.75 Å². The molecule has 0 aliphatic rings. The van der Waals surface area contributed by atoms with E-state index >= 15 is 0 Å². The topological polar surface area (TPSA) is 43.4 Å². The van der Waals surface area contributed by atoms with Crippen LogP contribution < -0.4 is 4.74 Å². The van der Waals surface area contributed by atoms with Gasteiger partial charge >= 0.3 is 0 Å². The molecule has 0 N–H and O–H groups in total. The molecule has 0 fully saturated rings. The average molecular weight is 291 g/mol. The van der Waals surface area contributed by atoms with Crippen LogP contribution in [0.2, 0.25) is 0 Å². The molecule has 0 spiro atoms. The molecule has 1 aromatic carbocycles. The summed E-state index contributed by atoms with van der Waals surface area (Å²) in [6.45, 7) is 2.71. The number of hydrogen-bond acceptors (Lipinski definition) is 3. The average Bonchev–Trinajstić information content (AvgIpc) is 2.32. The van der Waals surface area contributed by atoms with Crippen LogP contribution in [0.4, 0.5) is 0 Å². The summed E-state index contributed by atoms with van der Waals surface area (Å²) in [6, 6.07) is 8.01. The van der Waals surface area contributed by atoms with Crippen molar-refractivity contribution in [1.82, 2.24) is 0 Å². The van der Waals surface area contributed by atoms with Crippen LogP contribution in [-0.2, 0) is 15.5 Å². The molecule has 0 aliphatic carbocycles. The summed E-state index contributed by atoms with van der Waals surface area (Å²) < 4.78 is 27.0. The molecule has 0 amide bonds. The van der Waals surface area contributed by atoms with E-state index in [1.165, 1.54) is 5.56 Å². The SMILES string of the molecule is CCc1cccc(OCCCCCS(=O)(=O)Cl)c1. The second-order valence-electron chi connectivity index (χ2n) is 4.15. The molecule has 5 heteroatoms. The number of ether oxygens (including phenoxy) is 1. The van der Waals surface area contributed by atoms with E-state index in [9.17, 15) is 8.42 Å². The van der Waals surface area contributed by atoms with Gasteiger partial charge in [-0.1, -0.05) is 19.1 Å². The first-order valence-electron chi connectivity index (χ1n) is 6.15. The summed E-state index contributed by atoms with van der Waals surface area (Å²) in [5, 5.41) is 0. The summed E-state index contributed by atoms with van der Waals surface area (Å²) in [6.07, 6.45) is 3.22. The lowest BCUT2D eigenvalue weighted by Gasteiger charge is -2.07. The molecule has 0 unspecified atom stereocenters. The van der Waals surface area contributed by atoms with Crippen molar-refractivity contribution < 1.29 is 13.2 Å². The van der Waals surface area contributed by atoms with E-state index in [4.69, 9.17) is 15.4 Å². The first-order chi connectivity index (χ1) is 8.51. The fraction of sp³-hybridized carbons (Fsp3) is 0.538. The van der Waals surface area contributed by atoms with Crippen LogP contribution in [0.25, 0.3) is 0 Å². The molecular weight excluding hydrogens is 272 g/mol. The van der Waals surface area contributed by atoms with Gasteiger partial charge in [0.25, 0.3) is 0 Å². The van der Waals surface area contributed by atoms with Gasteiger partial charge in [-0.3, -0.25) is 0 Å². The summed E-state index contributed by atoms with van der Waals surface area (Å²) >= 11 is 0. The number of unbranched alkanes of at least 4 members (excludes halogenated alkanes) is 2. The molecule has 18 heavy (non-hydrogen) atoms. The van der Waals surface area contributed by atoms with Gasteiger partial charge in [-0.25, -0.2) is 8.42 Å². The molecule has 1 aromatic rings. The zero-order valence-electron chi connectivity index (χ0n) is 10.6. The third kappa shape index (κ3) is 6.87. The van der Waals surface area contributed by atoms with Crippen molar-refractivity contribution in [2.24, 2.45) is 0 Å². The number of rotatable bonds is 8. The van der Waals surface area contributed by atoms with Crippen molar-refractivity contribution in [1.29, 1.82) is 0 Å². The molecule has 0 aliphatic heterocycles.